The van der Waals surface area contributed by atoms with Gasteiger partial charge in [-0.3, -0.25) is 0 Å². The third kappa shape index (κ3) is 3.54. The third-order valence-corrected chi connectivity index (χ3v) is 2.36. The first-order chi connectivity index (χ1) is 9.21. The summed E-state index contributed by atoms with van der Waals surface area (Å²) in [6.45, 7) is 0. The van der Waals surface area contributed by atoms with Gasteiger partial charge in [0.2, 0.25) is 0 Å². The molecule has 0 heterocycles. The molecule has 0 saturated heterocycles. The standard InChI is InChI=1S/C8H2ClF13/c9-6(15,16)5(13,14)4(11,12)2-1-3(10,7(17,18)19)8(20,21)22/h1-2H. The molecule has 0 radical (unpaired) electrons. The smallest absolute Gasteiger partial charge is 0.219 e. The molecular weight excluding hydrogens is 379 g/mol. The Hall–Kier alpha value is -0.880. The fraction of sp³-hybridized carbons (Fsp3) is 0.750. The highest BCUT2D eigenvalue weighted by Crippen LogP contribution is 2.51. The van der Waals surface area contributed by atoms with E-state index in [1.807, 2.05) is 0 Å². The van der Waals surface area contributed by atoms with Crippen LogP contribution in [0.1, 0.15) is 0 Å². The van der Waals surface area contributed by atoms with Gasteiger partial charge in [0.05, 0.1) is 0 Å². The highest BCUT2D eigenvalue weighted by molar-refractivity contribution is 6.22. The van der Waals surface area contributed by atoms with Gasteiger partial charge in [-0.05, 0) is 23.8 Å². The van der Waals surface area contributed by atoms with Crippen LogP contribution in [-0.4, -0.2) is 35.2 Å². The Morgan fingerprint density at radius 1 is 0.545 bits per heavy atom. The predicted molar refractivity (Wildman–Crippen MR) is 45.8 cm³/mol. The van der Waals surface area contributed by atoms with E-state index in [1.54, 1.807) is 0 Å². The molecule has 0 atom stereocenters. The van der Waals surface area contributed by atoms with E-state index in [9.17, 15) is 57.1 Å². The van der Waals surface area contributed by atoms with Crippen molar-refractivity contribution in [1.82, 2.24) is 0 Å². The zero-order valence-electron chi connectivity index (χ0n) is 9.45. The maximum absolute atomic E-state index is 12.9. The molecule has 22 heavy (non-hydrogen) atoms. The van der Waals surface area contributed by atoms with Crippen LogP contribution >= 0.6 is 11.6 Å². The molecule has 0 rings (SSSR count). The van der Waals surface area contributed by atoms with Crippen molar-refractivity contribution in [3.05, 3.63) is 12.2 Å². The van der Waals surface area contributed by atoms with Crippen molar-refractivity contribution in [3.8, 4) is 0 Å². The molecule has 0 aromatic carbocycles. The van der Waals surface area contributed by atoms with Gasteiger partial charge < -0.3 is 0 Å². The quantitative estimate of drug-likeness (QED) is 0.344. The summed E-state index contributed by atoms with van der Waals surface area (Å²) in [4.78, 5) is 0. The number of alkyl halides is 14. The van der Waals surface area contributed by atoms with Gasteiger partial charge in [0.25, 0.3) is 0 Å². The first kappa shape index (κ1) is 21.1. The largest absolute Gasteiger partial charge is 0.435 e. The highest BCUT2D eigenvalue weighted by atomic mass is 35.5. The van der Waals surface area contributed by atoms with Crippen LogP contribution in [0, 0.1) is 0 Å². The van der Waals surface area contributed by atoms with Crippen molar-refractivity contribution in [2.24, 2.45) is 0 Å². The Bertz CT molecular complexity index is 409. The molecule has 132 valence electrons. The van der Waals surface area contributed by atoms with Gasteiger partial charge in [0.1, 0.15) is 0 Å². The molecule has 0 amide bonds. The summed E-state index contributed by atoms with van der Waals surface area (Å²) in [7, 11) is 0. The van der Waals surface area contributed by atoms with E-state index >= 15 is 0 Å². The second-order valence-electron chi connectivity index (χ2n) is 3.74. The van der Waals surface area contributed by atoms with E-state index in [2.05, 4.69) is 11.6 Å². The lowest BCUT2D eigenvalue weighted by atomic mass is 10.0. The van der Waals surface area contributed by atoms with Gasteiger partial charge in [-0.15, -0.1) is 0 Å². The minimum atomic E-state index is -6.86. The molecule has 0 N–H and O–H groups in total. The van der Waals surface area contributed by atoms with Crippen molar-refractivity contribution >= 4 is 11.6 Å². The van der Waals surface area contributed by atoms with Gasteiger partial charge >= 0.3 is 35.2 Å². The number of allylic oxidation sites excluding steroid dienone is 2. The number of hydrogen-bond donors (Lipinski definition) is 0. The van der Waals surface area contributed by atoms with Crippen LogP contribution < -0.4 is 0 Å². The van der Waals surface area contributed by atoms with Crippen molar-refractivity contribution in [3.63, 3.8) is 0 Å². The number of hydrogen-bond acceptors (Lipinski definition) is 0. The van der Waals surface area contributed by atoms with E-state index < -0.39 is 47.4 Å². The molecule has 0 aliphatic rings. The Morgan fingerprint density at radius 2 is 0.864 bits per heavy atom. The van der Waals surface area contributed by atoms with Crippen LogP contribution in [0.5, 0.6) is 0 Å². The fourth-order valence-electron chi connectivity index (χ4n) is 0.863. The molecule has 14 heteroatoms. The minimum absolute atomic E-state index is 1.97. The summed E-state index contributed by atoms with van der Waals surface area (Å²) in [6, 6.07) is 0. The lowest BCUT2D eigenvalue weighted by Crippen LogP contribution is -2.53. The van der Waals surface area contributed by atoms with Gasteiger partial charge in [-0.1, -0.05) is 0 Å². The van der Waals surface area contributed by atoms with Crippen molar-refractivity contribution < 1.29 is 57.1 Å². The van der Waals surface area contributed by atoms with Gasteiger partial charge in [-0.2, -0.15) is 52.7 Å². The Morgan fingerprint density at radius 3 is 1.09 bits per heavy atom. The predicted octanol–water partition coefficient (Wildman–Crippen LogP) is 5.48. The molecule has 0 fully saturated rings. The maximum atomic E-state index is 12.9. The molecule has 0 saturated carbocycles. The van der Waals surface area contributed by atoms with E-state index in [0.29, 0.717) is 0 Å². The summed E-state index contributed by atoms with van der Waals surface area (Å²) >= 11 is 3.60. The van der Waals surface area contributed by atoms with Crippen LogP contribution in [0.15, 0.2) is 12.2 Å². The molecular formula is C8H2ClF13. The van der Waals surface area contributed by atoms with E-state index in [-0.39, 0.29) is 0 Å². The first-order valence-corrected chi connectivity index (χ1v) is 4.93. The van der Waals surface area contributed by atoms with Crippen LogP contribution in [0.2, 0.25) is 0 Å². The van der Waals surface area contributed by atoms with Gasteiger partial charge in [0, 0.05) is 0 Å². The lowest BCUT2D eigenvalue weighted by Gasteiger charge is -2.30. The zero-order chi connectivity index (χ0) is 18.4. The van der Waals surface area contributed by atoms with Crippen LogP contribution in [0.25, 0.3) is 0 Å². The first-order valence-electron chi connectivity index (χ1n) is 4.56. The maximum Gasteiger partial charge on any atom is 0.435 e. The normalized spacial score (nSPS) is 16.5. The summed E-state index contributed by atoms with van der Waals surface area (Å²) in [6.07, 6.45) is -17.7. The Balaban J connectivity index is 5.93. The van der Waals surface area contributed by atoms with Crippen molar-refractivity contribution in [1.29, 1.82) is 0 Å². The second kappa shape index (κ2) is 5.34. The average Bonchev–Trinajstić information content (AvgIpc) is 2.20. The second-order valence-corrected chi connectivity index (χ2v) is 4.21. The summed E-state index contributed by atoms with van der Waals surface area (Å²) in [5, 5.41) is -6.03. The Labute approximate surface area is 117 Å². The van der Waals surface area contributed by atoms with E-state index in [0.717, 1.165) is 0 Å². The summed E-state index contributed by atoms with van der Waals surface area (Å²) < 4.78 is 159. The third-order valence-electron chi connectivity index (χ3n) is 2.12. The molecule has 0 nitrogen and oxygen atoms in total. The average molecular weight is 381 g/mol. The molecule has 0 aliphatic heterocycles. The highest BCUT2D eigenvalue weighted by Gasteiger charge is 2.73. The van der Waals surface area contributed by atoms with Gasteiger partial charge in [-0.25, -0.2) is 4.39 Å². The molecule has 0 aliphatic carbocycles. The topological polar surface area (TPSA) is 0 Å². The number of rotatable bonds is 4. The van der Waals surface area contributed by atoms with Crippen LogP contribution in [0.4, 0.5) is 57.1 Å². The Kier molecular flexibility index (Phi) is 5.12. The monoisotopic (exact) mass is 380 g/mol. The fourth-order valence-corrected chi connectivity index (χ4v) is 0.989. The van der Waals surface area contributed by atoms with Crippen molar-refractivity contribution in [2.45, 2.75) is 35.2 Å². The van der Waals surface area contributed by atoms with Gasteiger partial charge in [0.15, 0.2) is 0 Å². The molecule has 0 bridgehead atoms. The number of halogens is 14. The van der Waals surface area contributed by atoms with Crippen molar-refractivity contribution in [2.75, 3.05) is 0 Å². The molecule has 0 unspecified atom stereocenters. The lowest BCUT2D eigenvalue weighted by molar-refractivity contribution is -0.322. The summed E-state index contributed by atoms with van der Waals surface area (Å²) in [5.41, 5.74) is -6.46. The van der Waals surface area contributed by atoms with E-state index in [1.165, 1.54) is 0 Å². The zero-order valence-corrected chi connectivity index (χ0v) is 10.2. The molecule has 0 spiro atoms. The summed E-state index contributed by atoms with van der Waals surface area (Å²) in [5.74, 6) is -12.9. The van der Waals surface area contributed by atoms with Crippen LogP contribution in [-0.2, 0) is 0 Å². The molecule has 0 aromatic heterocycles. The van der Waals surface area contributed by atoms with Crippen LogP contribution in [0.3, 0.4) is 0 Å². The minimum Gasteiger partial charge on any atom is -0.219 e. The van der Waals surface area contributed by atoms with E-state index in [4.69, 9.17) is 0 Å². The SMILES string of the molecule is FC(F)(F)C(F)(C=CC(F)(F)C(F)(F)C(F)(F)Cl)C(F)(F)F. The molecule has 0 aromatic rings.